The van der Waals surface area contributed by atoms with Crippen LogP contribution in [0.15, 0.2) is 54.6 Å². The monoisotopic (exact) mass is 704 g/mol. The average molecular weight is 706 g/mol. The Morgan fingerprint density at radius 3 is 2.31 bits per heavy atom. The molecule has 256 valence electrons. The van der Waals surface area contributed by atoms with E-state index >= 15 is 4.39 Å². The highest BCUT2D eigenvalue weighted by molar-refractivity contribution is 6.39. The normalized spacial score (nSPS) is 17.4. The van der Waals surface area contributed by atoms with Crippen LogP contribution in [0.5, 0.6) is 11.8 Å². The van der Waals surface area contributed by atoms with Crippen molar-refractivity contribution in [1.82, 2.24) is 20.6 Å². The molecule has 2 aromatic carbocycles. The molecule has 0 bridgehead atoms. The number of carbonyl (C=O) groups is 2. The number of hydrogen-bond acceptors (Lipinski definition) is 7. The third kappa shape index (κ3) is 7.90. The summed E-state index contributed by atoms with van der Waals surface area (Å²) in [6.07, 6.45) is 6.21. The van der Waals surface area contributed by atoms with E-state index in [1.54, 1.807) is 19.2 Å². The zero-order valence-corrected chi connectivity index (χ0v) is 29.1. The second kappa shape index (κ2) is 15.7. The van der Waals surface area contributed by atoms with E-state index in [0.717, 1.165) is 49.8 Å². The van der Waals surface area contributed by atoms with Crippen LogP contribution in [0.1, 0.15) is 56.1 Å². The molecule has 2 fully saturated rings. The lowest BCUT2D eigenvalue weighted by molar-refractivity contribution is -0.119. The minimum atomic E-state index is -0.523. The van der Waals surface area contributed by atoms with E-state index in [2.05, 4.69) is 15.6 Å². The summed E-state index contributed by atoms with van der Waals surface area (Å²) in [5.41, 5.74) is 4.74. The second-order valence-electron chi connectivity index (χ2n) is 12.7. The van der Waals surface area contributed by atoms with E-state index in [1.165, 1.54) is 13.2 Å². The fourth-order valence-corrected chi connectivity index (χ4v) is 7.42. The van der Waals surface area contributed by atoms with E-state index < -0.39 is 5.82 Å². The number of hydrogen-bond donors (Lipinski definition) is 2. The van der Waals surface area contributed by atoms with Crippen molar-refractivity contribution in [2.75, 3.05) is 20.8 Å². The van der Waals surface area contributed by atoms with Gasteiger partial charge in [-0.2, -0.15) is 0 Å². The number of aromatic nitrogens is 2. The summed E-state index contributed by atoms with van der Waals surface area (Å²) in [4.78, 5) is 32.5. The second-order valence-corrected chi connectivity index (χ2v) is 13.4. The van der Waals surface area contributed by atoms with E-state index in [4.69, 9.17) is 37.7 Å². The van der Waals surface area contributed by atoms with Gasteiger partial charge in [-0.05, 0) is 68.8 Å². The highest BCUT2D eigenvalue weighted by Gasteiger charge is 2.24. The zero-order valence-electron chi connectivity index (χ0n) is 27.6. The van der Waals surface area contributed by atoms with Crippen molar-refractivity contribution in [2.45, 2.75) is 64.0 Å². The minimum absolute atomic E-state index is 0.121. The van der Waals surface area contributed by atoms with Gasteiger partial charge in [0, 0.05) is 59.7 Å². The van der Waals surface area contributed by atoms with Crippen molar-refractivity contribution in [3.63, 3.8) is 0 Å². The van der Waals surface area contributed by atoms with Crippen LogP contribution in [0, 0.1) is 11.7 Å². The third-order valence-corrected chi connectivity index (χ3v) is 10.2. The van der Waals surface area contributed by atoms with Crippen LogP contribution in [0.2, 0.25) is 10.0 Å². The maximum Gasteiger partial charge on any atom is 0.220 e. The number of ketones is 1. The van der Waals surface area contributed by atoms with Gasteiger partial charge in [-0.15, -0.1) is 0 Å². The predicted octanol–water partition coefficient (Wildman–Crippen LogP) is 8.00. The first-order chi connectivity index (χ1) is 23.7. The van der Waals surface area contributed by atoms with Crippen LogP contribution in [0.3, 0.4) is 0 Å². The first kappa shape index (κ1) is 34.8. The van der Waals surface area contributed by atoms with Crippen molar-refractivity contribution in [3.8, 4) is 45.4 Å². The van der Waals surface area contributed by atoms with Gasteiger partial charge in [0.25, 0.3) is 0 Å². The largest absolute Gasteiger partial charge is 0.481 e. The summed E-state index contributed by atoms with van der Waals surface area (Å²) in [5, 5.41) is 7.00. The molecule has 3 heterocycles. The Labute approximate surface area is 295 Å². The summed E-state index contributed by atoms with van der Waals surface area (Å²) in [6, 6.07) is 16.3. The summed E-state index contributed by atoms with van der Waals surface area (Å²) in [5.74, 6) is 1.13. The molecule has 1 amide bonds. The van der Waals surface area contributed by atoms with Gasteiger partial charge in [0.2, 0.25) is 17.7 Å². The van der Waals surface area contributed by atoms with Crippen LogP contribution < -0.4 is 20.1 Å². The van der Waals surface area contributed by atoms with Gasteiger partial charge in [-0.25, -0.2) is 14.4 Å². The molecule has 2 aliphatic rings. The van der Waals surface area contributed by atoms with Crippen LogP contribution in [0.4, 0.5) is 4.39 Å². The number of rotatable bonds is 13. The highest BCUT2D eigenvalue weighted by Crippen LogP contribution is 2.43. The van der Waals surface area contributed by atoms with E-state index in [0.29, 0.717) is 82.4 Å². The molecule has 11 heteroatoms. The number of benzene rings is 2. The number of pyridine rings is 2. The molecule has 1 aliphatic carbocycles. The van der Waals surface area contributed by atoms with Crippen molar-refractivity contribution >= 4 is 34.9 Å². The molecule has 49 heavy (non-hydrogen) atoms. The van der Waals surface area contributed by atoms with Gasteiger partial charge >= 0.3 is 0 Å². The number of Topliss-reactive ketones (excluding diaryl/α,β-unsaturated/α-hetero) is 1. The molecule has 1 aliphatic heterocycles. The Hall–Kier alpha value is -4.05. The SMILES string of the molecule is COc1nc(-c2cccc(-c3ccc(F)c(-c4ccc(CNC[C@@H]5CCC(=O)C5)c(OC)n4)c3Cl)c2Cl)ccc1CCC[C@@H]1CCC(=O)N1. The maximum atomic E-state index is 15.5. The zero-order chi connectivity index (χ0) is 34.5. The fourth-order valence-electron chi connectivity index (χ4n) is 6.75. The molecule has 0 spiro atoms. The van der Waals surface area contributed by atoms with Crippen molar-refractivity contribution < 1.29 is 23.5 Å². The Morgan fingerprint density at radius 1 is 0.857 bits per heavy atom. The molecular formula is C38H39Cl2FN4O4. The Balaban J connectivity index is 1.23. The average Bonchev–Trinajstić information content (AvgIpc) is 3.72. The van der Waals surface area contributed by atoms with Crippen molar-refractivity contribution in [2.24, 2.45) is 5.92 Å². The van der Waals surface area contributed by atoms with Crippen LogP contribution in [-0.2, 0) is 22.6 Å². The standard InChI is InChI=1S/C38H39Cl2FN4O4/c1-48-37-23(5-3-6-25-12-18-33(47)43-25)10-16-31(44-37)29-8-4-7-27(35(29)39)28-14-15-30(41)34(36(28)40)32-17-11-24(38(45-32)49-2)21-42-20-22-9-13-26(46)19-22/h4,7-8,10-11,14-17,22,25,42H,3,5-6,9,12-13,18-21H2,1-2H3,(H,43,47)/t22-,25-/m1/s1. The van der Waals surface area contributed by atoms with E-state index in [-0.39, 0.29) is 22.5 Å². The van der Waals surface area contributed by atoms with Gasteiger partial charge in [-0.3, -0.25) is 9.59 Å². The number of methoxy groups -OCH3 is 2. The Morgan fingerprint density at radius 2 is 1.57 bits per heavy atom. The molecule has 0 radical (unpaired) electrons. The molecule has 1 saturated carbocycles. The topological polar surface area (TPSA) is 102 Å². The lowest BCUT2D eigenvalue weighted by Crippen LogP contribution is -2.25. The molecule has 8 nitrogen and oxygen atoms in total. The van der Waals surface area contributed by atoms with Crippen LogP contribution in [0.25, 0.3) is 33.6 Å². The number of nitrogens with zero attached hydrogens (tertiary/aromatic N) is 2. The number of nitrogens with one attached hydrogen (secondary N) is 2. The molecule has 2 N–H and O–H groups in total. The summed E-state index contributed by atoms with van der Waals surface area (Å²) >= 11 is 14.0. The molecular weight excluding hydrogens is 666 g/mol. The van der Waals surface area contributed by atoms with Gasteiger partial charge < -0.3 is 20.1 Å². The third-order valence-electron chi connectivity index (χ3n) is 9.36. The summed E-state index contributed by atoms with van der Waals surface area (Å²) < 4.78 is 26.7. The van der Waals surface area contributed by atoms with E-state index in [9.17, 15) is 9.59 Å². The fraction of sp³-hybridized carbons (Fsp3) is 0.368. The van der Waals surface area contributed by atoms with Gasteiger partial charge in [-0.1, -0.05) is 53.5 Å². The number of ether oxygens (including phenoxy) is 2. The first-order valence-corrected chi connectivity index (χ1v) is 17.4. The quantitative estimate of drug-likeness (QED) is 0.145. The Bertz CT molecular complexity index is 1870. The lowest BCUT2D eigenvalue weighted by Gasteiger charge is -2.16. The molecule has 6 rings (SSSR count). The molecule has 4 aromatic rings. The molecule has 0 unspecified atom stereocenters. The van der Waals surface area contributed by atoms with Gasteiger partial charge in [0.1, 0.15) is 11.6 Å². The number of halogens is 3. The Kier molecular flexibility index (Phi) is 11.1. The van der Waals surface area contributed by atoms with Crippen molar-refractivity contribution in [3.05, 3.63) is 81.6 Å². The number of aryl methyl sites for hydroxylation is 1. The van der Waals surface area contributed by atoms with Crippen LogP contribution in [-0.4, -0.2) is 48.5 Å². The maximum absolute atomic E-state index is 15.5. The van der Waals surface area contributed by atoms with Crippen LogP contribution >= 0.6 is 23.2 Å². The smallest absolute Gasteiger partial charge is 0.220 e. The summed E-state index contributed by atoms with van der Waals surface area (Å²) in [7, 11) is 3.12. The number of amides is 1. The highest BCUT2D eigenvalue weighted by atomic mass is 35.5. The summed E-state index contributed by atoms with van der Waals surface area (Å²) in [6.45, 7) is 1.23. The predicted molar refractivity (Wildman–Crippen MR) is 190 cm³/mol. The molecule has 1 saturated heterocycles. The van der Waals surface area contributed by atoms with Crippen molar-refractivity contribution in [1.29, 1.82) is 0 Å². The van der Waals surface area contributed by atoms with Gasteiger partial charge in [0.15, 0.2) is 0 Å². The first-order valence-electron chi connectivity index (χ1n) is 16.6. The molecule has 2 atom stereocenters. The van der Waals surface area contributed by atoms with Gasteiger partial charge in [0.05, 0.1) is 41.2 Å². The minimum Gasteiger partial charge on any atom is -0.481 e. The lowest BCUT2D eigenvalue weighted by atomic mass is 9.97. The molecule has 2 aromatic heterocycles. The number of carbonyl (C=O) groups excluding carboxylic acids is 2. The van der Waals surface area contributed by atoms with E-state index in [1.807, 2.05) is 36.4 Å².